The number of nitrogens with zero attached hydrogens (tertiary/aromatic N) is 2. The summed E-state index contributed by atoms with van der Waals surface area (Å²) in [7, 11) is 1.57. The lowest BCUT2D eigenvalue weighted by Crippen LogP contribution is -2.42. The summed E-state index contributed by atoms with van der Waals surface area (Å²) in [5, 5.41) is 2.98. The lowest BCUT2D eigenvalue weighted by atomic mass is 10.1. The summed E-state index contributed by atoms with van der Waals surface area (Å²) in [6.07, 6.45) is 5.47. The second kappa shape index (κ2) is 9.22. The van der Waals surface area contributed by atoms with Crippen LogP contribution >= 0.6 is 0 Å². The van der Waals surface area contributed by atoms with Gasteiger partial charge in [-0.05, 0) is 48.9 Å². The number of ether oxygens (including phenoxy) is 2. The molecule has 0 radical (unpaired) electrons. The molecule has 8 nitrogen and oxygen atoms in total. The van der Waals surface area contributed by atoms with Gasteiger partial charge in [-0.1, -0.05) is 5.92 Å². The quantitative estimate of drug-likeness (QED) is 0.583. The minimum absolute atomic E-state index is 0.0702. The van der Waals surface area contributed by atoms with Crippen LogP contribution < -0.4 is 10.2 Å². The molecular formula is C24H24N4O4. The van der Waals surface area contributed by atoms with Gasteiger partial charge in [-0.15, -0.1) is 6.42 Å². The number of carbonyl (C=O) groups excluding carboxylic acids is 2. The van der Waals surface area contributed by atoms with Crippen molar-refractivity contribution in [1.82, 2.24) is 15.3 Å². The highest BCUT2D eigenvalue weighted by Crippen LogP contribution is 2.24. The Morgan fingerprint density at radius 3 is 2.94 bits per heavy atom. The predicted molar refractivity (Wildman–Crippen MR) is 120 cm³/mol. The van der Waals surface area contributed by atoms with Crippen LogP contribution in [0.15, 0.2) is 36.4 Å². The van der Waals surface area contributed by atoms with E-state index in [1.807, 2.05) is 25.1 Å². The van der Waals surface area contributed by atoms with Crippen LogP contribution in [0, 0.1) is 19.3 Å². The number of H-pyrrole nitrogens is 1. The molecule has 0 spiro atoms. The van der Waals surface area contributed by atoms with Crippen molar-refractivity contribution < 1.29 is 19.1 Å². The molecule has 1 fully saturated rings. The van der Waals surface area contributed by atoms with Crippen molar-refractivity contribution in [1.29, 1.82) is 0 Å². The summed E-state index contributed by atoms with van der Waals surface area (Å²) in [5.41, 5.74) is 4.39. The van der Waals surface area contributed by atoms with Crippen molar-refractivity contribution in [2.24, 2.45) is 0 Å². The standard InChI is InChI=1S/C24H24N4O4/c1-4-16-5-7-18-19(12-16)26-23(25-18)20(13-31-3)27-24(30)17-6-8-21(15(2)11-17)28-9-10-32-14-22(28)29/h1,5-8,11-12,20H,9-10,13-14H2,2-3H3,(H,25,26)(H,27,30). The van der Waals surface area contributed by atoms with Gasteiger partial charge in [-0.3, -0.25) is 9.59 Å². The van der Waals surface area contributed by atoms with Gasteiger partial charge < -0.3 is 24.7 Å². The first-order valence-corrected chi connectivity index (χ1v) is 10.2. The number of aromatic amines is 1. The van der Waals surface area contributed by atoms with E-state index in [1.165, 1.54) is 0 Å². The number of nitrogens with one attached hydrogen (secondary N) is 2. The van der Waals surface area contributed by atoms with Crippen LogP contribution in [0.5, 0.6) is 0 Å². The number of hydrogen-bond acceptors (Lipinski definition) is 5. The van der Waals surface area contributed by atoms with Gasteiger partial charge in [0.25, 0.3) is 11.8 Å². The maximum Gasteiger partial charge on any atom is 0.253 e. The maximum atomic E-state index is 13.0. The van der Waals surface area contributed by atoms with Gasteiger partial charge in [0.2, 0.25) is 0 Å². The second-order valence-corrected chi connectivity index (χ2v) is 7.58. The molecule has 0 aliphatic carbocycles. The topological polar surface area (TPSA) is 96.5 Å². The van der Waals surface area contributed by atoms with Gasteiger partial charge >= 0.3 is 0 Å². The number of aromatic nitrogens is 2. The number of hydrogen-bond donors (Lipinski definition) is 2. The van der Waals surface area contributed by atoms with Crippen LogP contribution in [-0.4, -0.2) is 55.3 Å². The van der Waals surface area contributed by atoms with E-state index in [2.05, 4.69) is 21.2 Å². The first-order chi connectivity index (χ1) is 15.5. The molecule has 1 aliphatic rings. The second-order valence-electron chi connectivity index (χ2n) is 7.58. The molecule has 1 unspecified atom stereocenters. The van der Waals surface area contributed by atoms with Gasteiger partial charge in [-0.25, -0.2) is 4.98 Å². The first kappa shape index (κ1) is 21.6. The number of aryl methyl sites for hydroxylation is 1. The number of benzene rings is 2. The summed E-state index contributed by atoms with van der Waals surface area (Å²) in [5.74, 6) is 2.83. The van der Waals surface area contributed by atoms with Gasteiger partial charge in [0.1, 0.15) is 18.5 Å². The molecular weight excluding hydrogens is 408 g/mol. The molecule has 8 heteroatoms. The summed E-state index contributed by atoms with van der Waals surface area (Å²) in [6, 6.07) is 10.3. The Balaban J connectivity index is 1.55. The van der Waals surface area contributed by atoms with E-state index in [9.17, 15) is 9.59 Å². The predicted octanol–water partition coefficient (Wildman–Crippen LogP) is 2.33. The number of imidazole rings is 1. The minimum Gasteiger partial charge on any atom is -0.382 e. The molecule has 1 aliphatic heterocycles. The SMILES string of the molecule is C#Cc1ccc2nc(C(COC)NC(=O)c3ccc(N4CCOCC4=O)c(C)c3)[nH]c2c1. The van der Waals surface area contributed by atoms with Gasteiger partial charge in [0.05, 0.1) is 24.2 Å². The normalized spacial score (nSPS) is 14.9. The molecule has 2 aromatic carbocycles. The van der Waals surface area contributed by atoms with Gasteiger partial charge in [-0.2, -0.15) is 0 Å². The van der Waals surface area contributed by atoms with E-state index in [1.54, 1.807) is 30.2 Å². The fourth-order valence-electron chi connectivity index (χ4n) is 3.75. The lowest BCUT2D eigenvalue weighted by Gasteiger charge is -2.28. The van der Waals surface area contributed by atoms with E-state index in [4.69, 9.17) is 15.9 Å². The number of carbonyl (C=O) groups is 2. The molecule has 1 aromatic heterocycles. The third-order valence-corrected chi connectivity index (χ3v) is 5.37. The molecule has 3 aromatic rings. The molecule has 164 valence electrons. The third kappa shape index (κ3) is 4.35. The Bertz CT molecular complexity index is 1210. The van der Waals surface area contributed by atoms with E-state index in [0.717, 1.165) is 27.8 Å². The van der Waals surface area contributed by atoms with Crippen LogP contribution in [0.4, 0.5) is 5.69 Å². The summed E-state index contributed by atoms with van der Waals surface area (Å²) >= 11 is 0. The van der Waals surface area contributed by atoms with Crippen molar-refractivity contribution in [3.05, 3.63) is 58.9 Å². The highest BCUT2D eigenvalue weighted by atomic mass is 16.5. The smallest absolute Gasteiger partial charge is 0.253 e. The first-order valence-electron chi connectivity index (χ1n) is 10.2. The molecule has 32 heavy (non-hydrogen) atoms. The highest BCUT2D eigenvalue weighted by molar-refractivity contribution is 5.98. The van der Waals surface area contributed by atoms with E-state index in [0.29, 0.717) is 24.5 Å². The number of fused-ring (bicyclic) bond motifs is 1. The Labute approximate surface area is 185 Å². The van der Waals surface area contributed by atoms with Crippen LogP contribution in [-0.2, 0) is 14.3 Å². The molecule has 1 atom stereocenters. The van der Waals surface area contributed by atoms with Gasteiger partial charge in [0, 0.05) is 30.5 Å². The number of terminal acetylenes is 1. The van der Waals surface area contributed by atoms with Crippen molar-refractivity contribution in [2.75, 3.05) is 38.4 Å². The minimum atomic E-state index is -0.477. The number of amides is 2. The lowest BCUT2D eigenvalue weighted by molar-refractivity contribution is -0.125. The van der Waals surface area contributed by atoms with Crippen LogP contribution in [0.25, 0.3) is 11.0 Å². The zero-order valence-electron chi connectivity index (χ0n) is 18.0. The zero-order chi connectivity index (χ0) is 22.7. The number of rotatable bonds is 6. The number of anilines is 1. The van der Waals surface area contributed by atoms with Crippen molar-refractivity contribution in [2.45, 2.75) is 13.0 Å². The summed E-state index contributed by atoms with van der Waals surface area (Å²) in [6.45, 7) is 3.18. The molecule has 2 amide bonds. The van der Waals surface area contributed by atoms with E-state index in [-0.39, 0.29) is 25.0 Å². The van der Waals surface area contributed by atoms with E-state index >= 15 is 0 Å². The average Bonchev–Trinajstić information content (AvgIpc) is 3.22. The Kier molecular flexibility index (Phi) is 6.21. The molecule has 4 rings (SSSR count). The average molecular weight is 432 g/mol. The van der Waals surface area contributed by atoms with Crippen LogP contribution in [0.3, 0.4) is 0 Å². The maximum absolute atomic E-state index is 13.0. The zero-order valence-corrected chi connectivity index (χ0v) is 18.0. The molecule has 1 saturated heterocycles. The highest BCUT2D eigenvalue weighted by Gasteiger charge is 2.23. The Hall–Kier alpha value is -3.67. The fourth-order valence-corrected chi connectivity index (χ4v) is 3.75. The summed E-state index contributed by atoms with van der Waals surface area (Å²) < 4.78 is 10.5. The van der Waals surface area contributed by atoms with Crippen molar-refractivity contribution >= 4 is 28.5 Å². The molecule has 2 heterocycles. The number of morpholine rings is 1. The van der Waals surface area contributed by atoms with Crippen LogP contribution in [0.1, 0.15) is 33.4 Å². The fraction of sp³-hybridized carbons (Fsp3) is 0.292. The number of methoxy groups -OCH3 is 1. The van der Waals surface area contributed by atoms with Crippen molar-refractivity contribution in [3.8, 4) is 12.3 Å². The molecule has 2 N–H and O–H groups in total. The monoisotopic (exact) mass is 432 g/mol. The Morgan fingerprint density at radius 1 is 1.38 bits per heavy atom. The van der Waals surface area contributed by atoms with Crippen molar-refractivity contribution in [3.63, 3.8) is 0 Å². The summed E-state index contributed by atoms with van der Waals surface area (Å²) in [4.78, 5) is 34.6. The molecule has 0 saturated carbocycles. The largest absolute Gasteiger partial charge is 0.382 e. The Morgan fingerprint density at radius 2 is 2.22 bits per heavy atom. The third-order valence-electron chi connectivity index (χ3n) is 5.37. The van der Waals surface area contributed by atoms with Gasteiger partial charge in [0.15, 0.2) is 0 Å². The molecule has 0 bridgehead atoms. The van der Waals surface area contributed by atoms with Crippen LogP contribution in [0.2, 0.25) is 0 Å². The van der Waals surface area contributed by atoms with E-state index < -0.39 is 6.04 Å².